The second-order valence-corrected chi connectivity index (χ2v) is 4.06. The summed E-state index contributed by atoms with van der Waals surface area (Å²) in [5.41, 5.74) is -0.222. The molecule has 0 saturated carbocycles. The van der Waals surface area contributed by atoms with Gasteiger partial charge in [-0.05, 0) is 17.7 Å². The molecule has 0 aromatic heterocycles. The number of phenols is 1. The summed E-state index contributed by atoms with van der Waals surface area (Å²) < 4.78 is 26.6. The number of hydrogen-bond acceptors (Lipinski definition) is 4. The van der Waals surface area contributed by atoms with Gasteiger partial charge in [-0.2, -0.15) is 4.39 Å². The molecule has 0 unspecified atom stereocenters. The number of nitro benzene ring substituents is 1. The van der Waals surface area contributed by atoms with Gasteiger partial charge in [0.05, 0.1) is 10.6 Å². The third-order valence-electron chi connectivity index (χ3n) is 2.65. The predicted octanol–water partition coefficient (Wildman–Crippen LogP) is 3.19. The highest BCUT2D eigenvalue weighted by molar-refractivity contribution is 5.53. The van der Waals surface area contributed by atoms with Crippen LogP contribution in [0.25, 0.3) is 0 Å². The van der Waals surface area contributed by atoms with E-state index in [2.05, 4.69) is 5.32 Å². The molecule has 0 aliphatic rings. The van der Waals surface area contributed by atoms with Crippen molar-refractivity contribution in [1.82, 2.24) is 0 Å². The number of rotatable bonds is 4. The van der Waals surface area contributed by atoms with E-state index in [4.69, 9.17) is 5.11 Å². The Kier molecular flexibility index (Phi) is 3.79. The molecule has 0 fully saturated rings. The molecule has 0 bridgehead atoms. The third-order valence-corrected chi connectivity index (χ3v) is 2.65. The fourth-order valence-corrected chi connectivity index (χ4v) is 1.62. The van der Waals surface area contributed by atoms with Gasteiger partial charge in [-0.15, -0.1) is 0 Å². The number of nitrogens with one attached hydrogen (secondary N) is 1. The van der Waals surface area contributed by atoms with Gasteiger partial charge in [0.15, 0.2) is 0 Å². The predicted molar refractivity (Wildman–Crippen MR) is 68.4 cm³/mol. The number of nitrogens with zero attached hydrogens (tertiary/aromatic N) is 1. The molecule has 0 aliphatic heterocycles. The lowest BCUT2D eigenvalue weighted by Crippen LogP contribution is -2.03. The summed E-state index contributed by atoms with van der Waals surface area (Å²) in [5.74, 6) is -2.04. The van der Waals surface area contributed by atoms with Gasteiger partial charge in [0.2, 0.25) is 5.82 Å². The molecule has 0 saturated heterocycles. The first-order chi connectivity index (χ1) is 9.47. The van der Waals surface area contributed by atoms with E-state index < -0.39 is 22.2 Å². The Labute approximate surface area is 112 Å². The first kappa shape index (κ1) is 13.7. The van der Waals surface area contributed by atoms with Crippen LogP contribution >= 0.6 is 0 Å². The van der Waals surface area contributed by atoms with Gasteiger partial charge in [-0.25, -0.2) is 4.39 Å². The molecular formula is C13H10F2N2O3. The molecule has 7 heteroatoms. The Balaban J connectivity index is 2.18. The van der Waals surface area contributed by atoms with E-state index in [0.29, 0.717) is 6.07 Å². The molecule has 2 N–H and O–H groups in total. The van der Waals surface area contributed by atoms with Crippen LogP contribution in [-0.4, -0.2) is 10.0 Å². The zero-order valence-electron chi connectivity index (χ0n) is 10.1. The van der Waals surface area contributed by atoms with E-state index in [-0.39, 0.29) is 18.0 Å². The quantitative estimate of drug-likeness (QED) is 0.666. The van der Waals surface area contributed by atoms with Crippen molar-refractivity contribution in [2.24, 2.45) is 0 Å². The maximum absolute atomic E-state index is 13.5. The van der Waals surface area contributed by atoms with E-state index in [9.17, 15) is 18.9 Å². The Morgan fingerprint density at radius 1 is 1.15 bits per heavy atom. The average Bonchev–Trinajstić information content (AvgIpc) is 2.39. The van der Waals surface area contributed by atoms with Gasteiger partial charge in [-0.3, -0.25) is 10.1 Å². The van der Waals surface area contributed by atoms with E-state index >= 15 is 0 Å². The molecule has 0 heterocycles. The Hall–Kier alpha value is -2.70. The maximum atomic E-state index is 13.5. The molecule has 104 valence electrons. The van der Waals surface area contributed by atoms with Crippen LogP contribution < -0.4 is 5.32 Å². The lowest BCUT2D eigenvalue weighted by molar-refractivity contribution is -0.387. The van der Waals surface area contributed by atoms with Crippen molar-refractivity contribution >= 4 is 11.4 Å². The van der Waals surface area contributed by atoms with Gasteiger partial charge in [-0.1, -0.05) is 12.1 Å². The molecule has 5 nitrogen and oxygen atoms in total. The molecular weight excluding hydrogens is 270 g/mol. The van der Waals surface area contributed by atoms with Gasteiger partial charge in [0, 0.05) is 18.7 Å². The zero-order chi connectivity index (χ0) is 14.7. The van der Waals surface area contributed by atoms with Crippen LogP contribution in [0.2, 0.25) is 0 Å². The molecule has 2 rings (SSSR count). The van der Waals surface area contributed by atoms with Crippen LogP contribution in [0.5, 0.6) is 5.75 Å². The van der Waals surface area contributed by atoms with Gasteiger partial charge in [0.25, 0.3) is 0 Å². The van der Waals surface area contributed by atoms with E-state index in [0.717, 1.165) is 11.6 Å². The average molecular weight is 280 g/mol. The lowest BCUT2D eigenvalue weighted by Gasteiger charge is -2.08. The first-order valence-electron chi connectivity index (χ1n) is 5.62. The second kappa shape index (κ2) is 5.52. The highest BCUT2D eigenvalue weighted by Crippen LogP contribution is 2.25. The third kappa shape index (κ3) is 3.00. The van der Waals surface area contributed by atoms with Crippen LogP contribution in [0, 0.1) is 21.7 Å². The van der Waals surface area contributed by atoms with Gasteiger partial charge < -0.3 is 10.4 Å². The zero-order valence-corrected chi connectivity index (χ0v) is 10.1. The van der Waals surface area contributed by atoms with Crippen molar-refractivity contribution < 1.29 is 18.8 Å². The van der Waals surface area contributed by atoms with Crippen molar-refractivity contribution in [2.45, 2.75) is 6.54 Å². The minimum absolute atomic E-state index is 0.0948. The van der Waals surface area contributed by atoms with Crippen molar-refractivity contribution in [2.75, 3.05) is 5.32 Å². The molecule has 0 atom stereocenters. The molecule has 0 amide bonds. The first-order valence-corrected chi connectivity index (χ1v) is 5.62. The summed E-state index contributed by atoms with van der Waals surface area (Å²) in [6, 6.07) is 7.42. The largest absolute Gasteiger partial charge is 0.508 e. The fraction of sp³-hybridized carbons (Fsp3) is 0.0769. The van der Waals surface area contributed by atoms with Crippen molar-refractivity contribution in [1.29, 1.82) is 0 Å². The van der Waals surface area contributed by atoms with E-state index in [1.807, 2.05) is 0 Å². The topological polar surface area (TPSA) is 75.4 Å². The molecule has 0 radical (unpaired) electrons. The molecule has 20 heavy (non-hydrogen) atoms. The molecule has 2 aromatic rings. The number of hydrogen-bond donors (Lipinski definition) is 2. The minimum atomic E-state index is -1.22. The second-order valence-electron chi connectivity index (χ2n) is 4.06. The van der Waals surface area contributed by atoms with E-state index in [1.165, 1.54) is 12.1 Å². The highest BCUT2D eigenvalue weighted by atomic mass is 19.1. The van der Waals surface area contributed by atoms with Crippen LogP contribution in [0.4, 0.5) is 20.2 Å². The normalized spacial score (nSPS) is 10.3. The van der Waals surface area contributed by atoms with Gasteiger partial charge >= 0.3 is 5.69 Å². The van der Waals surface area contributed by atoms with Crippen LogP contribution in [0.15, 0.2) is 36.4 Å². The van der Waals surface area contributed by atoms with Crippen LogP contribution in [0.1, 0.15) is 5.56 Å². The Morgan fingerprint density at radius 3 is 2.40 bits per heavy atom. The lowest BCUT2D eigenvalue weighted by atomic mass is 10.2. The number of phenolic OH excluding ortho intramolecular Hbond substituents is 1. The summed E-state index contributed by atoms with van der Waals surface area (Å²) in [6.07, 6.45) is 0. The summed E-state index contributed by atoms with van der Waals surface area (Å²) in [5, 5.41) is 22.3. The number of aromatic hydroxyl groups is 1. The molecule has 2 aromatic carbocycles. The SMILES string of the molecule is O=[N+]([O-])c1cc(NCc2ccc(O)cc2)c(F)cc1F. The maximum Gasteiger partial charge on any atom is 0.307 e. The van der Waals surface area contributed by atoms with Gasteiger partial charge in [0.1, 0.15) is 11.6 Å². The smallest absolute Gasteiger partial charge is 0.307 e. The monoisotopic (exact) mass is 280 g/mol. The summed E-state index contributed by atoms with van der Waals surface area (Å²) >= 11 is 0. The summed E-state index contributed by atoms with van der Waals surface area (Å²) in [7, 11) is 0. The molecule has 0 aliphatic carbocycles. The van der Waals surface area contributed by atoms with Crippen molar-refractivity contribution in [3.05, 3.63) is 63.7 Å². The number of halogens is 2. The summed E-state index contributed by atoms with van der Waals surface area (Å²) in [6.45, 7) is 0.181. The molecule has 0 spiro atoms. The fourth-order valence-electron chi connectivity index (χ4n) is 1.62. The Bertz CT molecular complexity index is 645. The number of benzene rings is 2. The van der Waals surface area contributed by atoms with Crippen molar-refractivity contribution in [3.8, 4) is 5.75 Å². The summed E-state index contributed by atoms with van der Waals surface area (Å²) in [4.78, 5) is 9.67. The minimum Gasteiger partial charge on any atom is -0.508 e. The highest BCUT2D eigenvalue weighted by Gasteiger charge is 2.18. The number of anilines is 1. The van der Waals surface area contributed by atoms with Crippen LogP contribution in [0.3, 0.4) is 0 Å². The number of nitro groups is 1. The van der Waals surface area contributed by atoms with E-state index in [1.54, 1.807) is 12.1 Å². The van der Waals surface area contributed by atoms with Crippen LogP contribution in [-0.2, 0) is 6.54 Å². The standard InChI is InChI=1S/C13H10F2N2O3/c14-10-5-11(15)13(17(19)20)6-12(10)16-7-8-1-3-9(18)4-2-8/h1-6,16,18H,7H2. The van der Waals surface area contributed by atoms with Crippen molar-refractivity contribution in [3.63, 3.8) is 0 Å². The Morgan fingerprint density at radius 2 is 1.80 bits per heavy atom.